The number of hydrogen-bond donors (Lipinski definition) is 0. The molecule has 2 heterocycles. The van der Waals surface area contributed by atoms with Crippen molar-refractivity contribution in [3.05, 3.63) is 60.4 Å². The van der Waals surface area contributed by atoms with E-state index in [0.717, 1.165) is 11.3 Å². The Balaban J connectivity index is 0. The van der Waals surface area contributed by atoms with Gasteiger partial charge < -0.3 is 13.9 Å². The van der Waals surface area contributed by atoms with E-state index in [1.165, 1.54) is 17.5 Å². The largest absolute Gasteiger partial charge is 0.586 e. The van der Waals surface area contributed by atoms with Crippen LogP contribution in [-0.4, -0.2) is 6.29 Å². The average Bonchev–Trinajstić information content (AvgIpc) is 3.15. The van der Waals surface area contributed by atoms with Crippen molar-refractivity contribution in [2.24, 2.45) is 0 Å². The minimum absolute atomic E-state index is 0. The van der Waals surface area contributed by atoms with Crippen LogP contribution in [0.15, 0.2) is 59.0 Å². The highest BCUT2D eigenvalue weighted by Crippen LogP contribution is 2.39. The number of ether oxygens (including phenoxy) is 2. The van der Waals surface area contributed by atoms with Crippen molar-refractivity contribution in [3.8, 4) is 11.5 Å². The van der Waals surface area contributed by atoms with Crippen LogP contribution in [0.4, 0.5) is 8.78 Å². The molecule has 152 valence electrons. The summed E-state index contributed by atoms with van der Waals surface area (Å²) >= 11 is 0. The van der Waals surface area contributed by atoms with Crippen LogP contribution in [0.3, 0.4) is 0 Å². The maximum Gasteiger partial charge on any atom is 0.586 e. The van der Waals surface area contributed by atoms with Crippen LogP contribution in [0, 0.1) is 6.92 Å². The average molecular weight is 382 g/mol. The third-order valence-corrected chi connectivity index (χ3v) is 2.86. The second kappa shape index (κ2) is 12.7. The quantitative estimate of drug-likeness (QED) is 0.394. The van der Waals surface area contributed by atoms with Crippen molar-refractivity contribution in [1.82, 2.24) is 0 Å². The molecule has 1 aromatic heterocycles. The fourth-order valence-corrected chi connectivity index (χ4v) is 2.01. The lowest BCUT2D eigenvalue weighted by Crippen LogP contribution is -2.25. The predicted molar refractivity (Wildman–Crippen MR) is 110 cm³/mol. The molecule has 3 nitrogen and oxygen atoms in total. The fourth-order valence-electron chi connectivity index (χ4n) is 2.01. The van der Waals surface area contributed by atoms with Gasteiger partial charge in [-0.1, -0.05) is 72.9 Å². The third kappa shape index (κ3) is 7.69. The molecule has 4 rings (SSSR count). The normalized spacial score (nSPS) is 11.8. The zero-order valence-electron chi connectivity index (χ0n) is 15.2. The molecule has 1 aliphatic rings. The number of alkyl halides is 2. The van der Waals surface area contributed by atoms with E-state index in [1.807, 2.05) is 65.0 Å². The first kappa shape index (κ1) is 26.7. The van der Waals surface area contributed by atoms with E-state index < -0.39 is 6.29 Å². The van der Waals surface area contributed by atoms with Gasteiger partial charge >= 0.3 is 6.29 Å². The van der Waals surface area contributed by atoms with Crippen LogP contribution in [0.25, 0.3) is 11.0 Å². The Morgan fingerprint density at radius 2 is 1.19 bits per heavy atom. The first-order chi connectivity index (χ1) is 12.0. The van der Waals surface area contributed by atoms with E-state index in [4.69, 9.17) is 4.42 Å². The molecule has 0 amide bonds. The lowest BCUT2D eigenvalue weighted by Gasteiger charge is -2.04. The Labute approximate surface area is 161 Å². The summed E-state index contributed by atoms with van der Waals surface area (Å²) in [7, 11) is 0. The predicted octanol–water partition coefficient (Wildman–Crippen LogP) is 8.07. The van der Waals surface area contributed by atoms with Crippen LogP contribution >= 0.6 is 0 Å². The highest BCUT2D eigenvalue weighted by Gasteiger charge is 2.42. The number of benzene rings is 2. The topological polar surface area (TPSA) is 31.6 Å². The van der Waals surface area contributed by atoms with Crippen molar-refractivity contribution in [1.29, 1.82) is 0 Å². The minimum Gasteiger partial charge on any atom is -0.461 e. The minimum atomic E-state index is -3.50. The monoisotopic (exact) mass is 382 g/mol. The summed E-state index contributed by atoms with van der Waals surface area (Å²) in [6.45, 7) is 9.96. The molecule has 0 unspecified atom stereocenters. The van der Waals surface area contributed by atoms with Crippen molar-refractivity contribution >= 4 is 11.0 Å². The van der Waals surface area contributed by atoms with Crippen LogP contribution < -0.4 is 9.47 Å². The van der Waals surface area contributed by atoms with Crippen molar-refractivity contribution in [2.75, 3.05) is 0 Å². The van der Waals surface area contributed by atoms with Gasteiger partial charge in [0, 0.05) is 5.39 Å². The van der Waals surface area contributed by atoms with E-state index in [9.17, 15) is 8.78 Å². The van der Waals surface area contributed by atoms with Crippen LogP contribution in [0.1, 0.15) is 48.3 Å². The summed E-state index contributed by atoms with van der Waals surface area (Å²) < 4.78 is 38.2. The Morgan fingerprint density at radius 1 is 0.741 bits per heavy atom. The Kier molecular flexibility index (Phi) is 12.6. The van der Waals surface area contributed by atoms with Gasteiger partial charge in [-0.3, -0.25) is 0 Å². The smallest absolute Gasteiger partial charge is 0.461 e. The standard InChI is InChI=1S/C9H8O.C7H4F2O2.2C2H6.2CH4/c1-7-6-8-4-2-3-5-9(8)10-7;8-7(9)10-5-3-1-2-4-6(5)11-7;2*1-2;;/h2-6H,1H3;1-4H;2*1-2H3;2*1H4. The number of aryl methyl sites for hydroxylation is 1. The molecule has 0 aliphatic carbocycles. The van der Waals surface area contributed by atoms with Gasteiger partial charge in [-0.25, -0.2) is 0 Å². The lowest BCUT2D eigenvalue weighted by atomic mass is 10.2. The number of para-hydroxylation sites is 3. The summed E-state index contributed by atoms with van der Waals surface area (Å²) in [5.41, 5.74) is 0.972. The van der Waals surface area contributed by atoms with Gasteiger partial charge in [-0.2, -0.15) is 0 Å². The molecular weight excluding hydrogens is 350 g/mol. The molecular formula is C22H32F2O3. The van der Waals surface area contributed by atoms with Gasteiger partial charge in [0.25, 0.3) is 0 Å². The SMILES string of the molecule is C.C.CC.CC.Cc1cc2ccccc2o1.FC1(F)Oc2ccccc2O1. The van der Waals surface area contributed by atoms with E-state index in [0.29, 0.717) is 0 Å². The van der Waals surface area contributed by atoms with Gasteiger partial charge in [0.15, 0.2) is 11.5 Å². The van der Waals surface area contributed by atoms with Crippen molar-refractivity contribution < 1.29 is 22.7 Å². The molecule has 0 spiro atoms. The summed E-state index contributed by atoms with van der Waals surface area (Å²) in [5.74, 6) is 1.14. The summed E-state index contributed by atoms with van der Waals surface area (Å²) in [6.07, 6.45) is -3.50. The van der Waals surface area contributed by atoms with E-state index in [2.05, 4.69) is 9.47 Å². The molecule has 2 aromatic carbocycles. The Morgan fingerprint density at radius 3 is 1.67 bits per heavy atom. The van der Waals surface area contributed by atoms with Crippen LogP contribution in [0.2, 0.25) is 0 Å². The van der Waals surface area contributed by atoms with Crippen molar-refractivity contribution in [2.45, 2.75) is 55.8 Å². The number of rotatable bonds is 0. The molecule has 0 saturated heterocycles. The zero-order valence-corrected chi connectivity index (χ0v) is 15.2. The maximum absolute atomic E-state index is 12.3. The number of hydrogen-bond acceptors (Lipinski definition) is 3. The van der Waals surface area contributed by atoms with Crippen LogP contribution in [0.5, 0.6) is 11.5 Å². The first-order valence-electron chi connectivity index (χ1n) is 8.33. The molecule has 0 bridgehead atoms. The van der Waals surface area contributed by atoms with Gasteiger partial charge in [-0.15, -0.1) is 8.78 Å². The number of furan rings is 1. The first-order valence-corrected chi connectivity index (χ1v) is 8.33. The summed E-state index contributed by atoms with van der Waals surface area (Å²) in [6, 6.07) is 16.1. The molecule has 0 saturated carbocycles. The highest BCUT2D eigenvalue weighted by atomic mass is 19.3. The zero-order chi connectivity index (χ0) is 18.9. The third-order valence-electron chi connectivity index (χ3n) is 2.86. The fraction of sp³-hybridized carbons (Fsp3) is 0.364. The molecule has 0 N–H and O–H groups in total. The van der Waals surface area contributed by atoms with Gasteiger partial charge in [0.1, 0.15) is 11.3 Å². The molecule has 0 atom stereocenters. The number of fused-ring (bicyclic) bond motifs is 2. The molecule has 5 heteroatoms. The Bertz CT molecular complexity index is 707. The van der Waals surface area contributed by atoms with Gasteiger partial charge in [0.2, 0.25) is 0 Å². The van der Waals surface area contributed by atoms with Gasteiger partial charge in [-0.05, 0) is 31.2 Å². The Hall–Kier alpha value is -2.56. The molecule has 27 heavy (non-hydrogen) atoms. The van der Waals surface area contributed by atoms with Gasteiger partial charge in [0.05, 0.1) is 0 Å². The summed E-state index contributed by atoms with van der Waals surface area (Å²) in [4.78, 5) is 0. The van der Waals surface area contributed by atoms with E-state index in [-0.39, 0.29) is 26.4 Å². The molecule has 1 aliphatic heterocycles. The summed E-state index contributed by atoms with van der Waals surface area (Å²) in [5, 5.41) is 1.18. The van der Waals surface area contributed by atoms with E-state index in [1.54, 1.807) is 12.1 Å². The highest BCUT2D eigenvalue weighted by molar-refractivity contribution is 5.77. The molecule has 0 fully saturated rings. The maximum atomic E-state index is 12.3. The lowest BCUT2D eigenvalue weighted by molar-refractivity contribution is -0.286. The molecule has 0 radical (unpaired) electrons. The second-order valence-corrected chi connectivity index (χ2v) is 4.51. The van der Waals surface area contributed by atoms with Crippen LogP contribution in [-0.2, 0) is 0 Å². The van der Waals surface area contributed by atoms with Crippen molar-refractivity contribution in [3.63, 3.8) is 0 Å². The molecule has 3 aromatic rings. The second-order valence-electron chi connectivity index (χ2n) is 4.51. The van der Waals surface area contributed by atoms with E-state index >= 15 is 0 Å². The number of halogens is 2.